The Bertz CT molecular complexity index is 443. The van der Waals surface area contributed by atoms with Gasteiger partial charge in [0.05, 0.1) is 0 Å². The van der Waals surface area contributed by atoms with Gasteiger partial charge in [0.2, 0.25) is 11.8 Å². The Morgan fingerprint density at radius 2 is 1.65 bits per heavy atom. The molecule has 0 spiro atoms. The molecule has 1 saturated carbocycles. The molecule has 26 heavy (non-hydrogen) atoms. The third-order valence-electron chi connectivity index (χ3n) is 4.71. The Balaban J connectivity index is 2.00. The molecule has 6 heteroatoms. The minimum atomic E-state index is -0.0105. The molecule has 0 heterocycles. The van der Waals surface area contributed by atoms with Crippen LogP contribution >= 0.6 is 0 Å². The highest BCUT2D eigenvalue weighted by Crippen LogP contribution is 2.24. The van der Waals surface area contributed by atoms with E-state index >= 15 is 0 Å². The number of carbonyl (C=O) groups is 3. The van der Waals surface area contributed by atoms with Crippen LogP contribution in [0.2, 0.25) is 0 Å². The SMILES string of the molecule is CC(=O)[C@H]1CC[C@@H](NC(=O)CCCC(=O)NCCCOCC(C)C)CC1. The van der Waals surface area contributed by atoms with E-state index in [2.05, 4.69) is 24.5 Å². The molecule has 1 aliphatic rings. The summed E-state index contributed by atoms with van der Waals surface area (Å²) in [5.41, 5.74) is 0. The van der Waals surface area contributed by atoms with Crippen LogP contribution < -0.4 is 10.6 Å². The molecule has 2 amide bonds. The van der Waals surface area contributed by atoms with Crippen LogP contribution in [0.5, 0.6) is 0 Å². The van der Waals surface area contributed by atoms with Crippen molar-refractivity contribution in [3.05, 3.63) is 0 Å². The maximum Gasteiger partial charge on any atom is 0.220 e. The van der Waals surface area contributed by atoms with E-state index < -0.39 is 0 Å². The van der Waals surface area contributed by atoms with E-state index in [-0.39, 0.29) is 29.6 Å². The standard InChI is InChI=1S/C20H36N2O4/c1-15(2)14-26-13-5-12-21-19(24)6-4-7-20(25)22-18-10-8-17(9-11-18)16(3)23/h15,17-18H,4-14H2,1-3H3,(H,21,24)(H,22,25)/t17-,18+. The maximum absolute atomic E-state index is 12.0. The highest BCUT2D eigenvalue weighted by atomic mass is 16.5. The zero-order chi connectivity index (χ0) is 19.4. The molecule has 0 unspecified atom stereocenters. The van der Waals surface area contributed by atoms with E-state index in [0.29, 0.717) is 38.3 Å². The molecular weight excluding hydrogens is 332 g/mol. The summed E-state index contributed by atoms with van der Waals surface area (Å²) >= 11 is 0. The van der Waals surface area contributed by atoms with E-state index in [0.717, 1.165) is 38.7 Å². The normalized spacial score (nSPS) is 20.0. The topological polar surface area (TPSA) is 84.5 Å². The van der Waals surface area contributed by atoms with Crippen molar-refractivity contribution < 1.29 is 19.1 Å². The smallest absolute Gasteiger partial charge is 0.220 e. The first-order chi connectivity index (χ1) is 12.4. The molecule has 0 aromatic rings. The number of amides is 2. The van der Waals surface area contributed by atoms with Gasteiger partial charge in [-0.1, -0.05) is 13.8 Å². The van der Waals surface area contributed by atoms with Crippen LogP contribution in [0, 0.1) is 11.8 Å². The number of hydrogen-bond acceptors (Lipinski definition) is 4. The fourth-order valence-electron chi connectivity index (χ4n) is 3.16. The van der Waals surface area contributed by atoms with Crippen LogP contribution in [-0.2, 0) is 19.1 Å². The fourth-order valence-corrected chi connectivity index (χ4v) is 3.16. The van der Waals surface area contributed by atoms with Crippen molar-refractivity contribution in [2.75, 3.05) is 19.8 Å². The third kappa shape index (κ3) is 10.5. The van der Waals surface area contributed by atoms with Crippen molar-refractivity contribution in [3.8, 4) is 0 Å². The molecule has 0 saturated heterocycles. The van der Waals surface area contributed by atoms with Crippen molar-refractivity contribution in [1.82, 2.24) is 10.6 Å². The van der Waals surface area contributed by atoms with E-state index in [1.165, 1.54) is 0 Å². The lowest BCUT2D eigenvalue weighted by molar-refractivity contribution is -0.123. The number of carbonyl (C=O) groups excluding carboxylic acids is 3. The monoisotopic (exact) mass is 368 g/mol. The molecule has 0 aliphatic heterocycles. The number of ether oxygens (including phenoxy) is 1. The summed E-state index contributed by atoms with van der Waals surface area (Å²) < 4.78 is 5.46. The maximum atomic E-state index is 12.0. The molecule has 1 aliphatic carbocycles. The molecule has 1 fully saturated rings. The Labute approximate surface area is 157 Å². The number of Topliss-reactive ketones (excluding diaryl/α,β-unsaturated/α-hetero) is 1. The highest BCUT2D eigenvalue weighted by Gasteiger charge is 2.24. The first-order valence-corrected chi connectivity index (χ1v) is 10.0. The van der Waals surface area contributed by atoms with Crippen molar-refractivity contribution in [1.29, 1.82) is 0 Å². The van der Waals surface area contributed by atoms with Gasteiger partial charge in [0.15, 0.2) is 0 Å². The average molecular weight is 369 g/mol. The van der Waals surface area contributed by atoms with Crippen LogP contribution in [0.4, 0.5) is 0 Å². The van der Waals surface area contributed by atoms with E-state index in [1.54, 1.807) is 6.92 Å². The van der Waals surface area contributed by atoms with Gasteiger partial charge in [0.25, 0.3) is 0 Å². The average Bonchev–Trinajstić information content (AvgIpc) is 2.58. The zero-order valence-corrected chi connectivity index (χ0v) is 16.6. The number of rotatable bonds is 12. The summed E-state index contributed by atoms with van der Waals surface area (Å²) in [6.07, 6.45) is 5.58. The van der Waals surface area contributed by atoms with Gasteiger partial charge in [-0.25, -0.2) is 0 Å². The lowest BCUT2D eigenvalue weighted by Gasteiger charge is -2.27. The lowest BCUT2D eigenvalue weighted by atomic mass is 9.84. The molecule has 0 aromatic carbocycles. The predicted octanol–water partition coefficient (Wildman–Crippen LogP) is 2.60. The molecule has 0 radical (unpaired) electrons. The Kier molecular flexibility index (Phi) is 11.2. The van der Waals surface area contributed by atoms with Crippen LogP contribution in [0.1, 0.15) is 72.1 Å². The van der Waals surface area contributed by atoms with Gasteiger partial charge in [-0.15, -0.1) is 0 Å². The summed E-state index contributed by atoms with van der Waals surface area (Å²) in [6, 6.07) is 0.178. The minimum absolute atomic E-state index is 0.00570. The van der Waals surface area contributed by atoms with Gasteiger partial charge in [-0.3, -0.25) is 14.4 Å². The summed E-state index contributed by atoms with van der Waals surface area (Å²) in [5.74, 6) is 0.949. The van der Waals surface area contributed by atoms with Gasteiger partial charge >= 0.3 is 0 Å². The van der Waals surface area contributed by atoms with Gasteiger partial charge in [-0.2, -0.15) is 0 Å². The van der Waals surface area contributed by atoms with Gasteiger partial charge in [0, 0.05) is 44.6 Å². The van der Waals surface area contributed by atoms with Crippen LogP contribution in [-0.4, -0.2) is 43.4 Å². The predicted molar refractivity (Wildman–Crippen MR) is 102 cm³/mol. The first-order valence-electron chi connectivity index (χ1n) is 10.0. The van der Waals surface area contributed by atoms with E-state index in [4.69, 9.17) is 4.74 Å². The van der Waals surface area contributed by atoms with Crippen molar-refractivity contribution >= 4 is 17.6 Å². The molecule has 6 nitrogen and oxygen atoms in total. The second-order valence-corrected chi connectivity index (χ2v) is 7.75. The molecule has 0 aromatic heterocycles. The van der Waals surface area contributed by atoms with Crippen LogP contribution in [0.15, 0.2) is 0 Å². The van der Waals surface area contributed by atoms with E-state index in [9.17, 15) is 14.4 Å². The summed E-state index contributed by atoms with van der Waals surface area (Å²) in [6.45, 7) is 7.88. The van der Waals surface area contributed by atoms with E-state index in [1.807, 2.05) is 0 Å². The number of hydrogen-bond donors (Lipinski definition) is 2. The molecule has 0 atom stereocenters. The molecule has 2 N–H and O–H groups in total. The first kappa shape index (κ1) is 22.6. The van der Waals surface area contributed by atoms with Gasteiger partial charge < -0.3 is 15.4 Å². The van der Waals surface area contributed by atoms with Crippen molar-refractivity contribution in [2.24, 2.45) is 11.8 Å². The highest BCUT2D eigenvalue weighted by molar-refractivity contribution is 5.79. The fraction of sp³-hybridized carbons (Fsp3) is 0.850. The largest absolute Gasteiger partial charge is 0.381 e. The Morgan fingerprint density at radius 1 is 1.00 bits per heavy atom. The number of ketones is 1. The second-order valence-electron chi connectivity index (χ2n) is 7.75. The second kappa shape index (κ2) is 12.8. The van der Waals surface area contributed by atoms with Crippen molar-refractivity contribution in [3.63, 3.8) is 0 Å². The summed E-state index contributed by atoms with van der Waals surface area (Å²) in [5, 5.41) is 5.89. The summed E-state index contributed by atoms with van der Waals surface area (Å²) in [4.78, 5) is 35.1. The quantitative estimate of drug-likeness (QED) is 0.519. The molecule has 0 bridgehead atoms. The minimum Gasteiger partial charge on any atom is -0.381 e. The molecule has 150 valence electrons. The van der Waals surface area contributed by atoms with Gasteiger partial charge in [-0.05, 0) is 51.4 Å². The third-order valence-corrected chi connectivity index (χ3v) is 4.71. The van der Waals surface area contributed by atoms with Crippen LogP contribution in [0.3, 0.4) is 0 Å². The molecule has 1 rings (SSSR count). The van der Waals surface area contributed by atoms with Crippen molar-refractivity contribution in [2.45, 2.75) is 78.2 Å². The Morgan fingerprint density at radius 3 is 2.27 bits per heavy atom. The zero-order valence-electron chi connectivity index (χ0n) is 16.6. The summed E-state index contributed by atoms with van der Waals surface area (Å²) in [7, 11) is 0. The van der Waals surface area contributed by atoms with Gasteiger partial charge in [0.1, 0.15) is 5.78 Å². The number of nitrogens with one attached hydrogen (secondary N) is 2. The lowest BCUT2D eigenvalue weighted by Crippen LogP contribution is -2.38. The Hall–Kier alpha value is -1.43. The van der Waals surface area contributed by atoms with Crippen LogP contribution in [0.25, 0.3) is 0 Å². The molecular formula is C20H36N2O4.